The maximum atomic E-state index is 10.2. The van der Waals surface area contributed by atoms with Gasteiger partial charge in [0.2, 0.25) is 0 Å². The van der Waals surface area contributed by atoms with Crippen LogP contribution in [0, 0.1) is 0 Å². The van der Waals surface area contributed by atoms with E-state index in [4.69, 9.17) is 5.11 Å². The number of carbonyl (C=O) groups excluding carboxylic acids is 1. The molecule has 0 aliphatic rings. The third-order valence-electron chi connectivity index (χ3n) is 1.60. The van der Waals surface area contributed by atoms with Gasteiger partial charge in [0, 0.05) is 10.9 Å². The minimum atomic E-state index is -0.00667. The van der Waals surface area contributed by atoms with E-state index >= 15 is 0 Å². The summed E-state index contributed by atoms with van der Waals surface area (Å²) in [7, 11) is 0. The SMILES string of the molecule is O=CCc1ccc(Br)c(CO)c1. The summed E-state index contributed by atoms with van der Waals surface area (Å²) in [5.41, 5.74) is 1.74. The summed E-state index contributed by atoms with van der Waals surface area (Å²) in [5, 5.41) is 8.89. The van der Waals surface area contributed by atoms with E-state index in [0.29, 0.717) is 6.42 Å². The van der Waals surface area contributed by atoms with Crippen molar-refractivity contribution >= 4 is 22.2 Å². The van der Waals surface area contributed by atoms with Crippen LogP contribution in [0.3, 0.4) is 0 Å². The molecule has 0 atom stereocenters. The highest BCUT2D eigenvalue weighted by molar-refractivity contribution is 9.10. The number of carbonyl (C=O) groups is 1. The quantitative estimate of drug-likeness (QED) is 0.800. The fraction of sp³-hybridized carbons (Fsp3) is 0.222. The van der Waals surface area contributed by atoms with Crippen molar-refractivity contribution in [1.82, 2.24) is 0 Å². The molecule has 1 N–H and O–H groups in total. The van der Waals surface area contributed by atoms with Crippen molar-refractivity contribution in [2.75, 3.05) is 0 Å². The summed E-state index contributed by atoms with van der Waals surface area (Å²) in [5.74, 6) is 0. The lowest BCUT2D eigenvalue weighted by Crippen LogP contribution is -1.90. The van der Waals surface area contributed by atoms with Crippen LogP contribution in [-0.4, -0.2) is 11.4 Å². The Hall–Kier alpha value is -0.670. The summed E-state index contributed by atoms with van der Waals surface area (Å²) in [4.78, 5) is 10.2. The average molecular weight is 229 g/mol. The number of aliphatic hydroxyl groups is 1. The van der Waals surface area contributed by atoms with Crippen LogP contribution >= 0.6 is 15.9 Å². The minimum Gasteiger partial charge on any atom is -0.392 e. The number of rotatable bonds is 3. The van der Waals surface area contributed by atoms with Crippen molar-refractivity contribution in [2.24, 2.45) is 0 Å². The van der Waals surface area contributed by atoms with Crippen molar-refractivity contribution in [3.63, 3.8) is 0 Å². The maximum Gasteiger partial charge on any atom is 0.124 e. The van der Waals surface area contributed by atoms with Crippen LogP contribution in [-0.2, 0) is 17.8 Å². The summed E-state index contributed by atoms with van der Waals surface area (Å²) < 4.78 is 0.875. The molecular formula is C9H9BrO2. The normalized spacial score (nSPS) is 9.83. The number of aldehydes is 1. The number of hydrogen-bond donors (Lipinski definition) is 1. The number of aliphatic hydroxyl groups excluding tert-OH is 1. The molecular weight excluding hydrogens is 220 g/mol. The van der Waals surface area contributed by atoms with Crippen molar-refractivity contribution in [3.05, 3.63) is 33.8 Å². The first-order valence-electron chi connectivity index (χ1n) is 3.59. The van der Waals surface area contributed by atoms with Crippen molar-refractivity contribution in [3.8, 4) is 0 Å². The van der Waals surface area contributed by atoms with Gasteiger partial charge in [-0.1, -0.05) is 28.1 Å². The Morgan fingerprint density at radius 3 is 2.83 bits per heavy atom. The molecule has 0 fully saturated rings. The Morgan fingerprint density at radius 2 is 2.25 bits per heavy atom. The van der Waals surface area contributed by atoms with Gasteiger partial charge in [-0.2, -0.15) is 0 Å². The van der Waals surface area contributed by atoms with Gasteiger partial charge in [0.15, 0.2) is 0 Å². The van der Waals surface area contributed by atoms with E-state index in [0.717, 1.165) is 21.9 Å². The van der Waals surface area contributed by atoms with Gasteiger partial charge in [0.25, 0.3) is 0 Å². The third-order valence-corrected chi connectivity index (χ3v) is 2.37. The van der Waals surface area contributed by atoms with Gasteiger partial charge in [-0.25, -0.2) is 0 Å². The molecule has 0 unspecified atom stereocenters. The molecule has 3 heteroatoms. The molecule has 2 nitrogen and oxygen atoms in total. The topological polar surface area (TPSA) is 37.3 Å². The maximum absolute atomic E-state index is 10.2. The van der Waals surface area contributed by atoms with Crippen LogP contribution in [0.15, 0.2) is 22.7 Å². The zero-order chi connectivity index (χ0) is 8.97. The van der Waals surface area contributed by atoms with Crippen LogP contribution < -0.4 is 0 Å². The van der Waals surface area contributed by atoms with Gasteiger partial charge >= 0.3 is 0 Å². The lowest BCUT2D eigenvalue weighted by molar-refractivity contribution is -0.107. The zero-order valence-corrected chi connectivity index (χ0v) is 8.04. The fourth-order valence-electron chi connectivity index (χ4n) is 0.972. The molecule has 0 amide bonds. The zero-order valence-electron chi connectivity index (χ0n) is 6.46. The second-order valence-corrected chi connectivity index (χ2v) is 3.31. The Morgan fingerprint density at radius 1 is 1.50 bits per heavy atom. The summed E-state index contributed by atoms with van der Waals surface area (Å²) in [6, 6.07) is 5.51. The van der Waals surface area contributed by atoms with E-state index in [-0.39, 0.29) is 6.61 Å². The highest BCUT2D eigenvalue weighted by atomic mass is 79.9. The molecule has 0 saturated carbocycles. The molecule has 0 radical (unpaired) electrons. The molecule has 0 spiro atoms. The summed E-state index contributed by atoms with van der Waals surface area (Å²) >= 11 is 3.29. The third kappa shape index (κ3) is 2.16. The molecule has 1 aromatic rings. The molecule has 0 aliphatic carbocycles. The van der Waals surface area contributed by atoms with Crippen LogP contribution in [0.1, 0.15) is 11.1 Å². The van der Waals surface area contributed by atoms with Crippen LogP contribution in [0.25, 0.3) is 0 Å². The van der Waals surface area contributed by atoms with E-state index in [1.165, 1.54) is 0 Å². The van der Waals surface area contributed by atoms with Crippen LogP contribution in [0.4, 0.5) is 0 Å². The van der Waals surface area contributed by atoms with Crippen LogP contribution in [0.2, 0.25) is 0 Å². The van der Waals surface area contributed by atoms with Gasteiger partial charge in [-0.05, 0) is 17.2 Å². The van der Waals surface area contributed by atoms with E-state index < -0.39 is 0 Å². The smallest absolute Gasteiger partial charge is 0.124 e. The Labute approximate surface area is 79.3 Å². The average Bonchev–Trinajstić information content (AvgIpc) is 2.09. The van der Waals surface area contributed by atoms with Gasteiger partial charge in [-0.15, -0.1) is 0 Å². The lowest BCUT2D eigenvalue weighted by atomic mass is 10.1. The van der Waals surface area contributed by atoms with Crippen molar-refractivity contribution in [2.45, 2.75) is 13.0 Å². The van der Waals surface area contributed by atoms with Gasteiger partial charge in [0.1, 0.15) is 6.29 Å². The van der Waals surface area contributed by atoms with Crippen molar-refractivity contribution in [1.29, 1.82) is 0 Å². The standard InChI is InChI=1S/C9H9BrO2/c10-9-2-1-7(3-4-11)5-8(9)6-12/h1-2,4-5,12H,3,6H2. The molecule has 0 saturated heterocycles. The molecule has 0 aromatic heterocycles. The minimum absolute atomic E-state index is 0.00667. The van der Waals surface area contributed by atoms with E-state index in [2.05, 4.69) is 15.9 Å². The van der Waals surface area contributed by atoms with E-state index in [9.17, 15) is 4.79 Å². The van der Waals surface area contributed by atoms with Gasteiger partial charge < -0.3 is 9.90 Å². The van der Waals surface area contributed by atoms with Crippen molar-refractivity contribution < 1.29 is 9.90 Å². The molecule has 0 heterocycles. The molecule has 64 valence electrons. The Balaban J connectivity index is 2.96. The largest absolute Gasteiger partial charge is 0.392 e. The highest BCUT2D eigenvalue weighted by Gasteiger charge is 1.99. The monoisotopic (exact) mass is 228 g/mol. The van der Waals surface area contributed by atoms with E-state index in [1.54, 1.807) is 0 Å². The first-order valence-corrected chi connectivity index (χ1v) is 4.39. The summed E-state index contributed by atoms with van der Waals surface area (Å²) in [6.45, 7) is -0.00667. The number of hydrogen-bond acceptors (Lipinski definition) is 2. The Bertz CT molecular complexity index is 284. The predicted molar refractivity (Wildman–Crippen MR) is 49.8 cm³/mol. The van der Waals surface area contributed by atoms with Crippen LogP contribution in [0.5, 0.6) is 0 Å². The van der Waals surface area contributed by atoms with E-state index in [1.807, 2.05) is 18.2 Å². The number of benzene rings is 1. The highest BCUT2D eigenvalue weighted by Crippen LogP contribution is 2.18. The Kier molecular flexibility index (Phi) is 3.44. The first-order chi connectivity index (χ1) is 5.77. The second kappa shape index (κ2) is 4.38. The predicted octanol–water partition coefficient (Wildman–Crippen LogP) is 1.68. The molecule has 1 rings (SSSR count). The molecule has 1 aromatic carbocycles. The summed E-state index contributed by atoms with van der Waals surface area (Å²) in [6.07, 6.45) is 1.25. The lowest BCUT2D eigenvalue weighted by Gasteiger charge is -2.02. The number of halogens is 1. The van der Waals surface area contributed by atoms with Gasteiger partial charge in [0.05, 0.1) is 6.61 Å². The molecule has 0 aliphatic heterocycles. The molecule has 12 heavy (non-hydrogen) atoms. The molecule has 0 bridgehead atoms. The second-order valence-electron chi connectivity index (χ2n) is 2.45. The first kappa shape index (κ1) is 9.42. The van der Waals surface area contributed by atoms with Gasteiger partial charge in [-0.3, -0.25) is 0 Å². The fourth-order valence-corrected chi connectivity index (χ4v) is 1.34.